The molecule has 1 atom stereocenters. The maximum atomic E-state index is 12.6. The first-order chi connectivity index (χ1) is 11.8. The molecule has 2 aromatic carbocycles. The van der Waals surface area contributed by atoms with Crippen molar-refractivity contribution in [2.45, 2.75) is 31.6 Å². The van der Waals surface area contributed by atoms with Crippen LogP contribution in [-0.4, -0.2) is 17.4 Å². The van der Waals surface area contributed by atoms with Gasteiger partial charge in [-0.05, 0) is 48.4 Å². The van der Waals surface area contributed by atoms with E-state index in [1.54, 1.807) is 0 Å². The fourth-order valence-corrected chi connectivity index (χ4v) is 3.81. The molecule has 0 unspecified atom stereocenters. The summed E-state index contributed by atoms with van der Waals surface area (Å²) in [7, 11) is 0. The first-order valence-corrected chi connectivity index (χ1v) is 8.73. The minimum Gasteiger partial charge on any atom is -0.361 e. The number of aromatic amines is 1. The fourth-order valence-electron chi connectivity index (χ4n) is 3.81. The van der Waals surface area contributed by atoms with Crippen LogP contribution in [0.2, 0.25) is 0 Å². The second kappa shape index (κ2) is 6.52. The number of rotatable bonds is 4. The zero-order valence-corrected chi connectivity index (χ0v) is 13.7. The van der Waals surface area contributed by atoms with E-state index < -0.39 is 0 Å². The maximum Gasteiger partial charge on any atom is 0.227 e. The van der Waals surface area contributed by atoms with Gasteiger partial charge in [-0.15, -0.1) is 0 Å². The van der Waals surface area contributed by atoms with Crippen molar-refractivity contribution < 1.29 is 4.79 Å². The molecule has 0 aliphatic heterocycles. The normalized spacial score (nSPS) is 16.8. The number of aromatic nitrogens is 1. The number of nitrogens with one attached hydrogen (secondary N) is 2. The zero-order chi connectivity index (χ0) is 16.4. The zero-order valence-electron chi connectivity index (χ0n) is 13.7. The predicted molar refractivity (Wildman–Crippen MR) is 97.1 cm³/mol. The molecule has 1 amide bonds. The third-order valence-electron chi connectivity index (χ3n) is 5.05. The van der Waals surface area contributed by atoms with E-state index in [0.29, 0.717) is 6.54 Å². The van der Waals surface area contributed by atoms with Crippen LogP contribution in [0.5, 0.6) is 0 Å². The standard InChI is InChI=1S/C21H22N2O/c24-21(19-10-5-7-15-6-1-2-8-17(15)19)22-13-12-16-14-23-20-11-4-3-9-18(16)20/h1-4,6,8-9,11,14,19,23H,5,7,10,12-13H2,(H,22,24)/t19-/m0/s1. The van der Waals surface area contributed by atoms with Gasteiger partial charge in [-0.2, -0.15) is 0 Å². The Kier molecular flexibility index (Phi) is 4.08. The monoisotopic (exact) mass is 318 g/mol. The van der Waals surface area contributed by atoms with Crippen molar-refractivity contribution in [2.75, 3.05) is 6.54 Å². The van der Waals surface area contributed by atoms with Gasteiger partial charge in [0.05, 0.1) is 5.92 Å². The van der Waals surface area contributed by atoms with Gasteiger partial charge in [0.1, 0.15) is 0 Å². The molecule has 1 aliphatic carbocycles. The summed E-state index contributed by atoms with van der Waals surface area (Å²) in [6, 6.07) is 16.7. The lowest BCUT2D eigenvalue weighted by molar-refractivity contribution is -0.122. The van der Waals surface area contributed by atoms with Gasteiger partial charge in [-0.3, -0.25) is 4.79 Å². The van der Waals surface area contributed by atoms with Crippen LogP contribution in [-0.2, 0) is 17.6 Å². The van der Waals surface area contributed by atoms with Crippen molar-refractivity contribution in [3.8, 4) is 0 Å². The molecule has 3 nitrogen and oxygen atoms in total. The predicted octanol–water partition coefficient (Wildman–Crippen LogP) is 3.95. The van der Waals surface area contributed by atoms with Crippen LogP contribution in [0.15, 0.2) is 54.7 Å². The van der Waals surface area contributed by atoms with Crippen molar-refractivity contribution in [1.82, 2.24) is 10.3 Å². The average Bonchev–Trinajstić information content (AvgIpc) is 3.04. The highest BCUT2D eigenvalue weighted by Gasteiger charge is 2.25. The lowest BCUT2D eigenvalue weighted by atomic mass is 9.82. The third kappa shape index (κ3) is 2.82. The molecule has 0 saturated heterocycles. The van der Waals surface area contributed by atoms with Crippen molar-refractivity contribution in [3.05, 3.63) is 71.4 Å². The average molecular weight is 318 g/mol. The van der Waals surface area contributed by atoms with Gasteiger partial charge in [-0.25, -0.2) is 0 Å². The van der Waals surface area contributed by atoms with E-state index in [-0.39, 0.29) is 11.8 Å². The Morgan fingerprint density at radius 1 is 1.12 bits per heavy atom. The Bertz CT molecular complexity index is 865. The summed E-state index contributed by atoms with van der Waals surface area (Å²) in [5, 5.41) is 4.39. The lowest BCUT2D eigenvalue weighted by Gasteiger charge is -2.24. The highest BCUT2D eigenvalue weighted by molar-refractivity contribution is 5.85. The van der Waals surface area contributed by atoms with Crippen LogP contribution in [0.4, 0.5) is 0 Å². The molecule has 1 aromatic heterocycles. The van der Waals surface area contributed by atoms with Crippen LogP contribution in [0.3, 0.4) is 0 Å². The fraction of sp³-hybridized carbons (Fsp3) is 0.286. The van der Waals surface area contributed by atoms with Crippen LogP contribution >= 0.6 is 0 Å². The summed E-state index contributed by atoms with van der Waals surface area (Å²) in [4.78, 5) is 15.9. The van der Waals surface area contributed by atoms with Crippen molar-refractivity contribution >= 4 is 16.8 Å². The van der Waals surface area contributed by atoms with Crippen molar-refractivity contribution in [1.29, 1.82) is 0 Å². The van der Waals surface area contributed by atoms with Crippen LogP contribution < -0.4 is 5.32 Å². The highest BCUT2D eigenvalue weighted by Crippen LogP contribution is 2.31. The van der Waals surface area contributed by atoms with Crippen molar-refractivity contribution in [2.24, 2.45) is 0 Å². The van der Waals surface area contributed by atoms with Gasteiger partial charge in [-0.1, -0.05) is 42.5 Å². The summed E-state index contributed by atoms with van der Waals surface area (Å²) in [5.41, 5.74) is 4.96. The van der Waals surface area contributed by atoms with Gasteiger partial charge < -0.3 is 10.3 Å². The molecule has 0 bridgehead atoms. The number of hydrogen-bond acceptors (Lipinski definition) is 1. The Morgan fingerprint density at radius 3 is 2.92 bits per heavy atom. The number of aryl methyl sites for hydroxylation is 1. The topological polar surface area (TPSA) is 44.9 Å². The van der Waals surface area contributed by atoms with E-state index in [0.717, 1.165) is 31.2 Å². The van der Waals surface area contributed by atoms with E-state index in [4.69, 9.17) is 0 Å². The largest absolute Gasteiger partial charge is 0.361 e. The number of carbonyl (C=O) groups is 1. The quantitative estimate of drug-likeness (QED) is 0.752. The summed E-state index contributed by atoms with van der Waals surface area (Å²) < 4.78 is 0. The molecule has 0 spiro atoms. The van der Waals surface area contributed by atoms with Gasteiger partial charge in [0.15, 0.2) is 0 Å². The summed E-state index contributed by atoms with van der Waals surface area (Å²) in [5.74, 6) is 0.180. The molecule has 4 rings (SSSR count). The number of para-hydroxylation sites is 1. The molecule has 3 heteroatoms. The molecular weight excluding hydrogens is 296 g/mol. The molecule has 122 valence electrons. The molecule has 0 radical (unpaired) electrons. The van der Waals surface area contributed by atoms with Gasteiger partial charge >= 0.3 is 0 Å². The summed E-state index contributed by atoms with van der Waals surface area (Å²) in [6.45, 7) is 0.680. The number of amides is 1. The molecule has 24 heavy (non-hydrogen) atoms. The Hall–Kier alpha value is -2.55. The number of benzene rings is 2. The SMILES string of the molecule is O=C(NCCc1c[nH]c2ccccc12)[C@H]1CCCc2ccccc21. The van der Waals surface area contributed by atoms with E-state index in [1.165, 1.54) is 22.1 Å². The van der Waals surface area contributed by atoms with Gasteiger partial charge in [0, 0.05) is 23.6 Å². The van der Waals surface area contributed by atoms with Crippen LogP contribution in [0.1, 0.15) is 35.4 Å². The maximum absolute atomic E-state index is 12.6. The number of fused-ring (bicyclic) bond motifs is 2. The number of hydrogen-bond donors (Lipinski definition) is 2. The number of H-pyrrole nitrogens is 1. The van der Waals surface area contributed by atoms with Crippen LogP contribution in [0, 0.1) is 0 Å². The second-order valence-corrected chi connectivity index (χ2v) is 6.54. The molecule has 1 aliphatic rings. The Balaban J connectivity index is 1.41. The highest BCUT2D eigenvalue weighted by atomic mass is 16.1. The molecular formula is C21H22N2O. The van der Waals surface area contributed by atoms with E-state index >= 15 is 0 Å². The van der Waals surface area contributed by atoms with E-state index in [9.17, 15) is 4.79 Å². The summed E-state index contributed by atoms with van der Waals surface area (Å²) in [6.07, 6.45) is 6.04. The lowest BCUT2D eigenvalue weighted by Crippen LogP contribution is -2.32. The molecule has 0 saturated carbocycles. The third-order valence-corrected chi connectivity index (χ3v) is 5.05. The Morgan fingerprint density at radius 2 is 1.96 bits per heavy atom. The molecule has 2 N–H and O–H groups in total. The minimum atomic E-state index is 0.0120. The van der Waals surface area contributed by atoms with E-state index in [2.05, 4.69) is 46.7 Å². The van der Waals surface area contributed by atoms with Gasteiger partial charge in [0.2, 0.25) is 5.91 Å². The molecule has 0 fully saturated rings. The van der Waals surface area contributed by atoms with Gasteiger partial charge in [0.25, 0.3) is 0 Å². The molecule has 1 heterocycles. The van der Waals surface area contributed by atoms with Crippen molar-refractivity contribution in [3.63, 3.8) is 0 Å². The second-order valence-electron chi connectivity index (χ2n) is 6.54. The summed E-state index contributed by atoms with van der Waals surface area (Å²) >= 11 is 0. The smallest absolute Gasteiger partial charge is 0.227 e. The van der Waals surface area contributed by atoms with Crippen LogP contribution in [0.25, 0.3) is 10.9 Å². The first-order valence-electron chi connectivity index (χ1n) is 8.73. The van der Waals surface area contributed by atoms with E-state index in [1.807, 2.05) is 18.3 Å². The minimum absolute atomic E-state index is 0.0120. The molecule has 3 aromatic rings. The first kappa shape index (κ1) is 15.0. The number of carbonyl (C=O) groups excluding carboxylic acids is 1. The Labute approximate surface area is 142 Å².